The lowest BCUT2D eigenvalue weighted by Gasteiger charge is -2.29. The number of ketones is 1. The predicted molar refractivity (Wildman–Crippen MR) is 131 cm³/mol. The Morgan fingerprint density at radius 2 is 2.03 bits per heavy atom. The monoisotopic (exact) mass is 493 g/mol. The Balaban J connectivity index is 1.40. The number of fused-ring (bicyclic) bond motifs is 1. The summed E-state index contributed by atoms with van der Waals surface area (Å²) < 4.78 is 11.1. The Hall–Kier alpha value is -3.91. The molecule has 2 heterocycles. The number of hydrogen-bond donors (Lipinski definition) is 1. The van der Waals surface area contributed by atoms with Crippen molar-refractivity contribution in [2.24, 2.45) is 0 Å². The van der Waals surface area contributed by atoms with E-state index >= 15 is 0 Å². The Morgan fingerprint density at radius 1 is 1.17 bits per heavy atom. The maximum Gasteiger partial charge on any atom is 0.265 e. The van der Waals surface area contributed by atoms with E-state index in [4.69, 9.17) is 21.1 Å². The van der Waals surface area contributed by atoms with Crippen molar-refractivity contribution in [2.45, 2.75) is 13.3 Å². The van der Waals surface area contributed by atoms with Gasteiger partial charge in [-0.05, 0) is 61.0 Å². The number of nitrogens with zero attached hydrogens (tertiary/aromatic N) is 2. The second-order valence-corrected chi connectivity index (χ2v) is 8.40. The lowest BCUT2D eigenvalue weighted by Crippen LogP contribution is -2.45. The van der Waals surface area contributed by atoms with Gasteiger partial charge in [-0.1, -0.05) is 17.7 Å². The Kier molecular flexibility index (Phi) is 7.62. The molecule has 0 bridgehead atoms. The van der Waals surface area contributed by atoms with Crippen molar-refractivity contribution in [2.75, 3.05) is 31.2 Å². The summed E-state index contributed by atoms with van der Waals surface area (Å²) in [5, 5.41) is 3.42. The van der Waals surface area contributed by atoms with Gasteiger partial charge in [0.1, 0.15) is 18.0 Å². The van der Waals surface area contributed by atoms with Crippen LogP contribution in [0.15, 0.2) is 60.8 Å². The van der Waals surface area contributed by atoms with Gasteiger partial charge in [0.25, 0.3) is 5.91 Å². The average Bonchev–Trinajstić information content (AvgIpc) is 2.86. The first-order valence-corrected chi connectivity index (χ1v) is 11.4. The molecule has 0 saturated heterocycles. The number of Topliss-reactive ketones (excluding diaryl/α,β-unsaturated/α-hetero) is 1. The van der Waals surface area contributed by atoms with Crippen LogP contribution >= 0.6 is 11.6 Å². The lowest BCUT2D eigenvalue weighted by molar-refractivity contribution is -0.125. The minimum atomic E-state index is -0.366. The molecule has 1 aliphatic heterocycles. The number of ether oxygens (including phenoxy) is 2. The molecule has 8 nitrogen and oxygen atoms in total. The minimum Gasteiger partial charge on any atom is -0.485 e. The summed E-state index contributed by atoms with van der Waals surface area (Å²) in [5.74, 6) is -0.00856. The van der Waals surface area contributed by atoms with Gasteiger partial charge < -0.3 is 14.8 Å². The second kappa shape index (κ2) is 11.0. The van der Waals surface area contributed by atoms with Crippen LogP contribution in [0, 0.1) is 6.92 Å². The Morgan fingerprint density at radius 3 is 2.80 bits per heavy atom. The number of aryl methyl sites for hydroxylation is 1. The van der Waals surface area contributed by atoms with E-state index in [1.807, 2.05) is 25.1 Å². The molecule has 3 aromatic rings. The number of rotatable bonds is 9. The number of hydrogen-bond acceptors (Lipinski definition) is 6. The zero-order valence-corrected chi connectivity index (χ0v) is 19.9. The zero-order chi connectivity index (χ0) is 24.8. The largest absolute Gasteiger partial charge is 0.485 e. The molecule has 4 rings (SSSR count). The van der Waals surface area contributed by atoms with Crippen LogP contribution in [0.5, 0.6) is 11.5 Å². The van der Waals surface area contributed by atoms with Gasteiger partial charge in [0.05, 0.1) is 5.69 Å². The average molecular weight is 494 g/mol. The van der Waals surface area contributed by atoms with E-state index in [1.54, 1.807) is 42.6 Å². The number of anilines is 1. The summed E-state index contributed by atoms with van der Waals surface area (Å²) in [5.41, 5.74) is 2.41. The van der Waals surface area contributed by atoms with Crippen LogP contribution in [-0.2, 0) is 16.0 Å². The normalized spacial score (nSPS) is 12.5. The van der Waals surface area contributed by atoms with Gasteiger partial charge >= 0.3 is 0 Å². The SMILES string of the molecule is Cc1cc(OCC(=O)c2ccc3c(c2)N(CC(=O)NCCc2ccccn2)C(=O)CO3)ccc1Cl. The maximum absolute atomic E-state index is 12.8. The fraction of sp³-hybridized carbons (Fsp3) is 0.231. The summed E-state index contributed by atoms with van der Waals surface area (Å²) in [4.78, 5) is 43.4. The molecule has 2 aromatic carbocycles. The third kappa shape index (κ3) is 6.16. The van der Waals surface area contributed by atoms with Gasteiger partial charge in [-0.15, -0.1) is 0 Å². The molecule has 1 aromatic heterocycles. The highest BCUT2D eigenvalue weighted by molar-refractivity contribution is 6.31. The first kappa shape index (κ1) is 24.2. The standard InChI is InChI=1S/C26H24ClN3O5/c1-17-12-20(6-7-21(17)27)34-15-23(31)18-5-8-24-22(13-18)30(26(33)16-35-24)14-25(32)29-11-9-19-4-2-3-10-28-19/h2-8,10,12-13H,9,11,14-16H2,1H3,(H,29,32). The number of carbonyl (C=O) groups is 3. The molecule has 35 heavy (non-hydrogen) atoms. The summed E-state index contributed by atoms with van der Waals surface area (Å²) >= 11 is 6.03. The molecular weight excluding hydrogens is 470 g/mol. The quantitative estimate of drug-likeness (QED) is 0.459. The highest BCUT2D eigenvalue weighted by Gasteiger charge is 2.28. The molecule has 9 heteroatoms. The number of pyridine rings is 1. The topological polar surface area (TPSA) is 97.8 Å². The van der Waals surface area contributed by atoms with Gasteiger partial charge in [-0.3, -0.25) is 24.3 Å². The molecule has 0 aliphatic carbocycles. The maximum atomic E-state index is 12.8. The van der Waals surface area contributed by atoms with E-state index in [9.17, 15) is 14.4 Å². The van der Waals surface area contributed by atoms with E-state index in [0.29, 0.717) is 40.7 Å². The molecule has 180 valence electrons. The smallest absolute Gasteiger partial charge is 0.265 e. The molecule has 0 saturated carbocycles. The van der Waals surface area contributed by atoms with Crippen LogP contribution in [0.3, 0.4) is 0 Å². The van der Waals surface area contributed by atoms with Crippen LogP contribution < -0.4 is 19.7 Å². The number of halogens is 1. The van der Waals surface area contributed by atoms with E-state index in [2.05, 4.69) is 10.3 Å². The van der Waals surface area contributed by atoms with E-state index in [-0.39, 0.29) is 37.4 Å². The van der Waals surface area contributed by atoms with Crippen molar-refractivity contribution in [1.82, 2.24) is 10.3 Å². The van der Waals surface area contributed by atoms with Gasteiger partial charge in [0.15, 0.2) is 19.0 Å². The van der Waals surface area contributed by atoms with Gasteiger partial charge in [-0.2, -0.15) is 0 Å². The van der Waals surface area contributed by atoms with Crippen molar-refractivity contribution >= 4 is 34.9 Å². The lowest BCUT2D eigenvalue weighted by atomic mass is 10.1. The number of nitrogens with one attached hydrogen (secondary N) is 1. The molecule has 0 unspecified atom stereocenters. The minimum absolute atomic E-state index is 0.180. The summed E-state index contributed by atoms with van der Waals surface area (Å²) in [6, 6.07) is 15.5. The molecule has 1 aliphatic rings. The van der Waals surface area contributed by atoms with Crippen molar-refractivity contribution < 1.29 is 23.9 Å². The van der Waals surface area contributed by atoms with E-state index < -0.39 is 0 Å². The number of amides is 2. The highest BCUT2D eigenvalue weighted by Crippen LogP contribution is 2.33. The molecule has 0 atom stereocenters. The summed E-state index contributed by atoms with van der Waals surface area (Å²) in [6.45, 7) is 1.68. The molecule has 0 spiro atoms. The number of aromatic nitrogens is 1. The fourth-order valence-corrected chi connectivity index (χ4v) is 3.68. The number of carbonyl (C=O) groups excluding carboxylic acids is 3. The molecule has 0 fully saturated rings. The van der Waals surface area contributed by atoms with Crippen molar-refractivity contribution in [3.05, 3.63) is 82.6 Å². The second-order valence-electron chi connectivity index (χ2n) is 7.99. The number of benzene rings is 2. The Labute approximate surface area is 207 Å². The molecule has 0 radical (unpaired) electrons. The van der Waals surface area contributed by atoms with E-state index in [1.165, 1.54) is 4.90 Å². The van der Waals surface area contributed by atoms with E-state index in [0.717, 1.165) is 11.3 Å². The van der Waals surface area contributed by atoms with Crippen molar-refractivity contribution in [3.8, 4) is 11.5 Å². The van der Waals surface area contributed by atoms with Crippen molar-refractivity contribution in [1.29, 1.82) is 0 Å². The van der Waals surface area contributed by atoms with Crippen molar-refractivity contribution in [3.63, 3.8) is 0 Å². The molecule has 1 N–H and O–H groups in total. The summed E-state index contributed by atoms with van der Waals surface area (Å²) in [6.07, 6.45) is 2.27. The third-order valence-electron chi connectivity index (χ3n) is 5.45. The van der Waals surface area contributed by atoms with Crippen LogP contribution in [0.1, 0.15) is 21.6 Å². The van der Waals surface area contributed by atoms with Gasteiger partial charge in [0, 0.05) is 35.4 Å². The zero-order valence-electron chi connectivity index (χ0n) is 19.1. The summed E-state index contributed by atoms with van der Waals surface area (Å²) in [7, 11) is 0. The van der Waals surface area contributed by atoms with Crippen LogP contribution in [0.25, 0.3) is 0 Å². The van der Waals surface area contributed by atoms with Crippen LogP contribution in [0.4, 0.5) is 5.69 Å². The van der Waals surface area contributed by atoms with Gasteiger partial charge in [0.2, 0.25) is 5.91 Å². The highest BCUT2D eigenvalue weighted by atomic mass is 35.5. The first-order chi connectivity index (χ1) is 16.9. The first-order valence-electron chi connectivity index (χ1n) is 11.1. The third-order valence-corrected chi connectivity index (χ3v) is 5.88. The molecule has 2 amide bonds. The van der Waals surface area contributed by atoms with Gasteiger partial charge in [-0.25, -0.2) is 0 Å². The Bertz CT molecular complexity index is 1250. The predicted octanol–water partition coefficient (Wildman–Crippen LogP) is 3.39. The fourth-order valence-electron chi connectivity index (χ4n) is 3.56. The van der Waals surface area contributed by atoms with Crippen LogP contribution in [-0.4, -0.2) is 48.9 Å². The molecular formula is C26H24ClN3O5. The van der Waals surface area contributed by atoms with Crippen LogP contribution in [0.2, 0.25) is 5.02 Å².